The molecule has 2 aromatic heterocycles. The van der Waals surface area contributed by atoms with E-state index in [0.29, 0.717) is 24.5 Å². The normalized spacial score (nSPS) is 17.6. The number of nitrogens with zero attached hydrogens (tertiary/aromatic N) is 4. The number of aromatic amines is 1. The summed E-state index contributed by atoms with van der Waals surface area (Å²) in [6.07, 6.45) is 1.97. The average Bonchev–Trinajstić information content (AvgIpc) is 3.85. The van der Waals surface area contributed by atoms with E-state index in [9.17, 15) is 9.59 Å². The minimum Gasteiger partial charge on any atom is -0.497 e. The molecule has 15 heteroatoms. The number of unbranched alkanes of at least 4 members (excludes halogenated alkanes) is 1. The summed E-state index contributed by atoms with van der Waals surface area (Å²) in [5, 5.41) is 2.71. The lowest BCUT2D eigenvalue weighted by atomic mass is 9.80. The molecule has 2 N–H and O–H groups in total. The molecule has 0 spiro atoms. The second kappa shape index (κ2) is 20.2. The Morgan fingerprint density at radius 3 is 2.08 bits per heavy atom. The summed E-state index contributed by atoms with van der Waals surface area (Å²) in [4.78, 5) is 37.6. The summed E-state index contributed by atoms with van der Waals surface area (Å²) in [6, 6.07) is 26.1. The first-order valence-electron chi connectivity index (χ1n) is 20.7. The third kappa shape index (κ3) is 9.91. The van der Waals surface area contributed by atoms with Crippen molar-refractivity contribution in [1.82, 2.24) is 24.2 Å². The Bertz CT molecular complexity index is 2140. The van der Waals surface area contributed by atoms with Gasteiger partial charge in [-0.1, -0.05) is 81.8 Å². The van der Waals surface area contributed by atoms with Crippen LogP contribution in [0.3, 0.4) is 0 Å². The van der Waals surface area contributed by atoms with Crippen molar-refractivity contribution in [2.24, 2.45) is 5.92 Å². The van der Waals surface area contributed by atoms with Gasteiger partial charge in [-0.15, -0.1) is 0 Å². The smallest absolute Gasteiger partial charge is 0.280 e. The lowest BCUT2D eigenvalue weighted by Gasteiger charge is -2.39. The molecular formula is C45H59N6O8P. The van der Waals surface area contributed by atoms with Crippen LogP contribution < -0.4 is 20.3 Å². The predicted octanol–water partition coefficient (Wildman–Crippen LogP) is 8.58. The number of hydrogen-bond donors (Lipinski definition) is 2. The van der Waals surface area contributed by atoms with E-state index in [1.54, 1.807) is 39.0 Å². The molecule has 0 radical (unpaired) electrons. The van der Waals surface area contributed by atoms with Crippen LogP contribution in [0.1, 0.15) is 90.6 Å². The maximum atomic E-state index is 13.2. The third-order valence-corrected chi connectivity index (χ3v) is 12.7. The van der Waals surface area contributed by atoms with Gasteiger partial charge in [0.05, 0.1) is 39.9 Å². The van der Waals surface area contributed by atoms with Gasteiger partial charge in [-0.2, -0.15) is 4.98 Å². The zero-order valence-electron chi connectivity index (χ0n) is 36.1. The van der Waals surface area contributed by atoms with E-state index < -0.39 is 38.1 Å². The number of fused-ring (bicyclic) bond motifs is 1. The van der Waals surface area contributed by atoms with Crippen molar-refractivity contribution in [3.05, 3.63) is 112 Å². The highest BCUT2D eigenvalue weighted by Crippen LogP contribution is 2.51. The first-order chi connectivity index (χ1) is 28.9. The standard InChI is InChI=1S/C45H59N6O8P/c1-10-11-25-57-60(51(30(4)5)31(6)7)59-37-26-39(50-28-46-40-41(50)47-44(49-43(40)53)48-42(52)29(2)3)58-38(37)27-56-45(32-15-13-12-14-16-32,33-17-21-35(54-8)22-18-33)34-19-23-36(55-9)24-20-34/h12-24,28-31,37-39H,10-11,25-27H2,1-9H3,(H2,47,48,49,52,53). The highest BCUT2D eigenvalue weighted by atomic mass is 31.2. The molecule has 14 nitrogen and oxygen atoms in total. The molecule has 3 heterocycles. The molecule has 1 aliphatic rings. The summed E-state index contributed by atoms with van der Waals surface area (Å²) >= 11 is 0. The second-order valence-corrected chi connectivity index (χ2v) is 17.1. The maximum absolute atomic E-state index is 13.2. The Balaban J connectivity index is 1.44. The van der Waals surface area contributed by atoms with Crippen LogP contribution in [0.2, 0.25) is 0 Å². The van der Waals surface area contributed by atoms with Crippen LogP contribution >= 0.6 is 8.53 Å². The number of carbonyl (C=O) groups is 1. The molecule has 0 saturated carbocycles. The number of imidazole rings is 1. The van der Waals surface area contributed by atoms with Crippen molar-refractivity contribution >= 4 is 31.5 Å². The molecule has 1 fully saturated rings. The highest BCUT2D eigenvalue weighted by molar-refractivity contribution is 7.44. The first kappa shape index (κ1) is 44.9. The number of rotatable bonds is 20. The lowest BCUT2D eigenvalue weighted by Crippen LogP contribution is -2.39. The molecule has 4 atom stereocenters. The Kier molecular flexibility index (Phi) is 15.1. The van der Waals surface area contributed by atoms with E-state index in [4.69, 9.17) is 28.0 Å². The molecule has 3 aromatic carbocycles. The second-order valence-electron chi connectivity index (χ2n) is 15.7. The van der Waals surface area contributed by atoms with Crippen LogP contribution in [0.15, 0.2) is 90.0 Å². The number of benzene rings is 3. The zero-order valence-corrected chi connectivity index (χ0v) is 37.0. The fourth-order valence-corrected chi connectivity index (χ4v) is 9.19. The van der Waals surface area contributed by atoms with Crippen LogP contribution in [0.4, 0.5) is 5.95 Å². The van der Waals surface area contributed by atoms with E-state index in [1.165, 1.54) is 0 Å². The summed E-state index contributed by atoms with van der Waals surface area (Å²) < 4.78 is 43.2. The molecule has 0 bridgehead atoms. The molecule has 4 unspecified atom stereocenters. The molecule has 6 rings (SSSR count). The highest BCUT2D eigenvalue weighted by Gasteiger charge is 2.45. The summed E-state index contributed by atoms with van der Waals surface area (Å²) in [7, 11) is 1.74. The van der Waals surface area contributed by atoms with Gasteiger partial charge < -0.3 is 28.0 Å². The quantitative estimate of drug-likeness (QED) is 0.0441. The van der Waals surface area contributed by atoms with Crippen molar-refractivity contribution < 1.29 is 32.8 Å². The molecule has 322 valence electrons. The molecule has 1 amide bonds. The molecule has 5 aromatic rings. The van der Waals surface area contributed by atoms with E-state index >= 15 is 0 Å². The largest absolute Gasteiger partial charge is 0.497 e. The van der Waals surface area contributed by atoms with Gasteiger partial charge in [0.15, 0.2) is 11.2 Å². The number of aromatic nitrogens is 4. The van der Waals surface area contributed by atoms with Gasteiger partial charge in [0.25, 0.3) is 14.1 Å². The third-order valence-electron chi connectivity index (χ3n) is 10.5. The number of H-pyrrole nitrogens is 1. The van der Waals surface area contributed by atoms with Gasteiger partial charge in [-0.25, -0.2) is 9.65 Å². The van der Waals surface area contributed by atoms with E-state index in [1.807, 2.05) is 66.7 Å². The molecule has 0 aliphatic carbocycles. The van der Waals surface area contributed by atoms with Crippen LogP contribution in [0, 0.1) is 5.92 Å². The number of ether oxygens (including phenoxy) is 4. The Morgan fingerprint density at radius 2 is 1.53 bits per heavy atom. The number of carbonyl (C=O) groups excluding carboxylic acids is 1. The van der Waals surface area contributed by atoms with Gasteiger partial charge >= 0.3 is 0 Å². The minimum absolute atomic E-state index is 0.0302. The van der Waals surface area contributed by atoms with E-state index in [0.717, 1.165) is 29.5 Å². The van der Waals surface area contributed by atoms with E-state index in [-0.39, 0.29) is 47.6 Å². The maximum Gasteiger partial charge on any atom is 0.280 e. The number of hydrogen-bond acceptors (Lipinski definition) is 11. The number of amides is 1. The van der Waals surface area contributed by atoms with Crippen LogP contribution in [-0.4, -0.2) is 81.8 Å². The van der Waals surface area contributed by atoms with Gasteiger partial charge in [0.2, 0.25) is 11.9 Å². The molecule has 1 saturated heterocycles. The van der Waals surface area contributed by atoms with Gasteiger partial charge in [-0.05, 0) is 75.1 Å². The van der Waals surface area contributed by atoms with Crippen molar-refractivity contribution in [3.8, 4) is 11.5 Å². The topological polar surface area (TPSA) is 151 Å². The fourth-order valence-electron chi connectivity index (χ4n) is 7.40. The van der Waals surface area contributed by atoms with Crippen molar-refractivity contribution in [3.63, 3.8) is 0 Å². The molecule has 60 heavy (non-hydrogen) atoms. The van der Waals surface area contributed by atoms with E-state index in [2.05, 4.69) is 71.7 Å². The Morgan fingerprint density at radius 1 is 0.933 bits per heavy atom. The van der Waals surface area contributed by atoms with Crippen molar-refractivity contribution in [2.75, 3.05) is 32.8 Å². The van der Waals surface area contributed by atoms with Crippen LogP contribution in [-0.2, 0) is 28.9 Å². The molecule has 1 aliphatic heterocycles. The number of methoxy groups -OCH3 is 2. The van der Waals surface area contributed by atoms with Crippen LogP contribution in [0.5, 0.6) is 11.5 Å². The average molecular weight is 843 g/mol. The lowest BCUT2D eigenvalue weighted by molar-refractivity contribution is -0.118. The summed E-state index contributed by atoms with van der Waals surface area (Å²) in [6.45, 7) is 14.9. The summed E-state index contributed by atoms with van der Waals surface area (Å²) in [5.74, 6) is 0.862. The SMILES string of the molecule is CCCCOP(OC1CC(n2cnc3c(=O)[nH]c(NC(=O)C(C)C)nc32)OC1COC(c1ccccc1)(c1ccc(OC)cc1)c1ccc(OC)cc1)N(C(C)C)C(C)C. The van der Waals surface area contributed by atoms with Gasteiger partial charge in [0.1, 0.15) is 29.4 Å². The number of anilines is 1. The van der Waals surface area contributed by atoms with Gasteiger partial charge in [0, 0.05) is 24.4 Å². The Hall–Kier alpha value is -4.69. The summed E-state index contributed by atoms with van der Waals surface area (Å²) in [5.41, 5.74) is 1.46. The first-order valence-corrected chi connectivity index (χ1v) is 21.8. The number of nitrogens with one attached hydrogen (secondary N) is 2. The monoisotopic (exact) mass is 842 g/mol. The predicted molar refractivity (Wildman–Crippen MR) is 233 cm³/mol. The van der Waals surface area contributed by atoms with Crippen molar-refractivity contribution in [1.29, 1.82) is 0 Å². The van der Waals surface area contributed by atoms with Gasteiger partial charge in [-0.3, -0.25) is 24.5 Å². The minimum atomic E-state index is -1.54. The zero-order chi connectivity index (χ0) is 43.0. The van der Waals surface area contributed by atoms with Crippen LogP contribution in [0.25, 0.3) is 11.2 Å². The fraction of sp³-hybridized carbons (Fsp3) is 0.467. The molecular weight excluding hydrogens is 784 g/mol. The van der Waals surface area contributed by atoms with Crippen molar-refractivity contribution in [2.45, 2.75) is 104 Å². The Labute approximate surface area is 353 Å².